The molecular weight excluding hydrogens is 228 g/mol. The van der Waals surface area contributed by atoms with Gasteiger partial charge in [0.25, 0.3) is 5.91 Å². The number of anilines is 2. The van der Waals surface area contributed by atoms with E-state index in [4.69, 9.17) is 4.74 Å². The van der Waals surface area contributed by atoms with Crippen molar-refractivity contribution in [3.63, 3.8) is 0 Å². The summed E-state index contributed by atoms with van der Waals surface area (Å²) in [7, 11) is 0. The second-order valence-corrected chi connectivity index (χ2v) is 4.97. The van der Waals surface area contributed by atoms with Gasteiger partial charge < -0.3 is 15.0 Å². The molecule has 1 amide bonds. The van der Waals surface area contributed by atoms with Gasteiger partial charge in [0.1, 0.15) is 6.61 Å². The zero-order valence-corrected chi connectivity index (χ0v) is 10.4. The van der Waals surface area contributed by atoms with Crippen LogP contribution in [0.4, 0.5) is 11.4 Å². The van der Waals surface area contributed by atoms with Crippen LogP contribution in [-0.2, 0) is 9.53 Å². The van der Waals surface area contributed by atoms with Crippen LogP contribution in [-0.4, -0.2) is 32.2 Å². The molecule has 1 aromatic carbocycles. The highest BCUT2D eigenvalue weighted by atomic mass is 16.5. The minimum atomic E-state index is 0.0416. The van der Waals surface area contributed by atoms with E-state index in [1.165, 1.54) is 12.8 Å². The molecule has 2 fully saturated rings. The maximum absolute atomic E-state index is 11.7. The number of nitrogens with zero attached hydrogens (tertiary/aromatic N) is 1. The Morgan fingerprint density at radius 1 is 1.28 bits per heavy atom. The summed E-state index contributed by atoms with van der Waals surface area (Å²) in [6.45, 7) is 2.53. The molecular formula is C14H18N2O2. The maximum atomic E-state index is 11.7. The van der Waals surface area contributed by atoms with Crippen molar-refractivity contribution in [1.29, 1.82) is 0 Å². The van der Waals surface area contributed by atoms with Crippen LogP contribution in [0.5, 0.6) is 0 Å². The van der Waals surface area contributed by atoms with E-state index in [0.29, 0.717) is 13.2 Å². The molecule has 1 saturated heterocycles. The fourth-order valence-electron chi connectivity index (χ4n) is 2.13. The van der Waals surface area contributed by atoms with Crippen molar-refractivity contribution in [3.05, 3.63) is 24.3 Å². The van der Waals surface area contributed by atoms with Crippen molar-refractivity contribution in [1.82, 2.24) is 0 Å². The number of ether oxygens (including phenoxy) is 1. The minimum absolute atomic E-state index is 0.0416. The number of benzene rings is 1. The van der Waals surface area contributed by atoms with Crippen molar-refractivity contribution in [2.75, 3.05) is 36.5 Å². The number of carbonyl (C=O) groups excluding carboxylic acids is 1. The van der Waals surface area contributed by atoms with Crippen LogP contribution in [0.3, 0.4) is 0 Å². The van der Waals surface area contributed by atoms with Gasteiger partial charge in [-0.2, -0.15) is 0 Å². The Bertz CT molecular complexity index is 426. The van der Waals surface area contributed by atoms with Crippen LogP contribution >= 0.6 is 0 Å². The molecule has 1 N–H and O–H groups in total. The highest BCUT2D eigenvalue weighted by Gasteiger charge is 2.21. The van der Waals surface area contributed by atoms with E-state index >= 15 is 0 Å². The smallest absolute Gasteiger partial charge is 0.253 e. The third-order valence-electron chi connectivity index (χ3n) is 3.46. The summed E-state index contributed by atoms with van der Waals surface area (Å²) in [5.41, 5.74) is 2.09. The zero-order valence-electron chi connectivity index (χ0n) is 10.4. The lowest BCUT2D eigenvalue weighted by Crippen LogP contribution is -2.41. The third-order valence-corrected chi connectivity index (χ3v) is 3.46. The van der Waals surface area contributed by atoms with Crippen LogP contribution in [0.2, 0.25) is 0 Å². The first-order chi connectivity index (χ1) is 8.83. The van der Waals surface area contributed by atoms with Gasteiger partial charge >= 0.3 is 0 Å². The predicted molar refractivity (Wildman–Crippen MR) is 70.8 cm³/mol. The van der Waals surface area contributed by atoms with Gasteiger partial charge in [-0.15, -0.1) is 0 Å². The summed E-state index contributed by atoms with van der Waals surface area (Å²) in [6.07, 6.45) is 2.71. The Morgan fingerprint density at radius 2 is 2.06 bits per heavy atom. The lowest BCUT2D eigenvalue weighted by Gasteiger charge is -2.27. The number of amides is 1. The van der Waals surface area contributed by atoms with Gasteiger partial charge in [0.05, 0.1) is 6.61 Å². The second kappa shape index (κ2) is 4.98. The fourth-order valence-corrected chi connectivity index (χ4v) is 2.13. The Balaban J connectivity index is 1.63. The van der Waals surface area contributed by atoms with Crippen molar-refractivity contribution >= 4 is 17.3 Å². The van der Waals surface area contributed by atoms with Crippen molar-refractivity contribution in [2.45, 2.75) is 12.8 Å². The Morgan fingerprint density at radius 3 is 2.72 bits per heavy atom. The SMILES string of the molecule is O=C1COCCN1c1ccc(NCC2CC2)cc1. The highest BCUT2D eigenvalue weighted by Crippen LogP contribution is 2.29. The molecule has 96 valence electrons. The van der Waals surface area contributed by atoms with E-state index in [0.717, 1.165) is 23.8 Å². The highest BCUT2D eigenvalue weighted by molar-refractivity contribution is 5.94. The summed E-state index contributed by atoms with van der Waals surface area (Å²) < 4.78 is 5.13. The lowest BCUT2D eigenvalue weighted by atomic mass is 10.2. The number of hydrogen-bond acceptors (Lipinski definition) is 3. The molecule has 4 heteroatoms. The van der Waals surface area contributed by atoms with E-state index in [-0.39, 0.29) is 12.5 Å². The summed E-state index contributed by atoms with van der Waals surface area (Å²) in [4.78, 5) is 13.5. The van der Waals surface area contributed by atoms with Crippen molar-refractivity contribution in [2.24, 2.45) is 5.92 Å². The predicted octanol–water partition coefficient (Wildman–Crippen LogP) is 1.87. The molecule has 1 heterocycles. The number of rotatable bonds is 4. The number of carbonyl (C=O) groups is 1. The van der Waals surface area contributed by atoms with Gasteiger partial charge in [-0.1, -0.05) is 0 Å². The van der Waals surface area contributed by atoms with Gasteiger partial charge in [0.2, 0.25) is 0 Å². The molecule has 18 heavy (non-hydrogen) atoms. The number of morpholine rings is 1. The number of hydrogen-bond donors (Lipinski definition) is 1. The third kappa shape index (κ3) is 2.64. The molecule has 1 aliphatic heterocycles. The molecule has 1 aromatic rings. The summed E-state index contributed by atoms with van der Waals surface area (Å²) in [6, 6.07) is 8.08. The van der Waals surface area contributed by atoms with Gasteiger partial charge in [-0.05, 0) is 43.0 Å². The Labute approximate surface area is 107 Å². The van der Waals surface area contributed by atoms with E-state index in [1.54, 1.807) is 4.90 Å². The average molecular weight is 246 g/mol. The molecule has 4 nitrogen and oxygen atoms in total. The second-order valence-electron chi connectivity index (χ2n) is 4.97. The molecule has 1 saturated carbocycles. The first-order valence-corrected chi connectivity index (χ1v) is 6.55. The maximum Gasteiger partial charge on any atom is 0.253 e. The van der Waals surface area contributed by atoms with Crippen LogP contribution in [0.15, 0.2) is 24.3 Å². The molecule has 0 unspecified atom stereocenters. The minimum Gasteiger partial charge on any atom is -0.385 e. The molecule has 2 aliphatic rings. The quantitative estimate of drug-likeness (QED) is 0.882. The average Bonchev–Trinajstić information content (AvgIpc) is 3.22. The molecule has 0 spiro atoms. The normalized spacial score (nSPS) is 20.0. The lowest BCUT2D eigenvalue weighted by molar-refractivity contribution is -0.125. The summed E-state index contributed by atoms with van der Waals surface area (Å²) in [5.74, 6) is 0.908. The monoisotopic (exact) mass is 246 g/mol. The largest absolute Gasteiger partial charge is 0.385 e. The molecule has 0 radical (unpaired) electrons. The van der Waals surface area contributed by atoms with E-state index in [1.807, 2.05) is 24.3 Å². The molecule has 0 atom stereocenters. The number of nitrogens with one attached hydrogen (secondary N) is 1. The molecule has 0 bridgehead atoms. The van der Waals surface area contributed by atoms with Crippen LogP contribution < -0.4 is 10.2 Å². The molecule has 0 aromatic heterocycles. The van der Waals surface area contributed by atoms with Crippen LogP contribution in [0.25, 0.3) is 0 Å². The van der Waals surface area contributed by atoms with E-state index < -0.39 is 0 Å². The molecule has 1 aliphatic carbocycles. The zero-order chi connectivity index (χ0) is 12.4. The summed E-state index contributed by atoms with van der Waals surface area (Å²) in [5, 5.41) is 3.42. The summed E-state index contributed by atoms with van der Waals surface area (Å²) >= 11 is 0. The van der Waals surface area contributed by atoms with Crippen LogP contribution in [0.1, 0.15) is 12.8 Å². The Kier molecular flexibility index (Phi) is 3.19. The van der Waals surface area contributed by atoms with Crippen molar-refractivity contribution in [3.8, 4) is 0 Å². The molecule has 3 rings (SSSR count). The van der Waals surface area contributed by atoms with Gasteiger partial charge in [0, 0.05) is 24.5 Å². The van der Waals surface area contributed by atoms with E-state index in [9.17, 15) is 4.79 Å². The van der Waals surface area contributed by atoms with Gasteiger partial charge in [0.15, 0.2) is 0 Å². The standard InChI is InChI=1S/C14H18N2O2/c17-14-10-18-8-7-16(14)13-5-3-12(4-6-13)15-9-11-1-2-11/h3-6,11,15H,1-2,7-10H2. The fraction of sp³-hybridized carbons (Fsp3) is 0.500. The van der Waals surface area contributed by atoms with Gasteiger partial charge in [-0.3, -0.25) is 4.79 Å². The van der Waals surface area contributed by atoms with Crippen molar-refractivity contribution < 1.29 is 9.53 Å². The topological polar surface area (TPSA) is 41.6 Å². The first-order valence-electron chi connectivity index (χ1n) is 6.55. The Hall–Kier alpha value is -1.55. The van der Waals surface area contributed by atoms with Crippen LogP contribution in [0, 0.1) is 5.92 Å². The first kappa shape index (κ1) is 11.5. The van der Waals surface area contributed by atoms with E-state index in [2.05, 4.69) is 5.32 Å². The van der Waals surface area contributed by atoms with Gasteiger partial charge in [-0.25, -0.2) is 0 Å².